The van der Waals surface area contributed by atoms with Crippen LogP contribution in [0.4, 0.5) is 5.69 Å². The van der Waals surface area contributed by atoms with Crippen LogP contribution in [0.2, 0.25) is 0 Å². The number of amides is 2. The summed E-state index contributed by atoms with van der Waals surface area (Å²) in [6, 6.07) is 18.7. The molecular formula is C30H36BrN3O4S. The first-order valence-corrected chi connectivity index (χ1v) is 15.1. The number of aryl methyl sites for hydroxylation is 3. The summed E-state index contributed by atoms with van der Waals surface area (Å²) in [6.45, 7) is 9.44. The van der Waals surface area contributed by atoms with Crippen molar-refractivity contribution in [1.29, 1.82) is 0 Å². The number of anilines is 1. The lowest BCUT2D eigenvalue weighted by atomic mass is 10.1. The third-order valence-electron chi connectivity index (χ3n) is 6.36. The molecule has 0 radical (unpaired) electrons. The van der Waals surface area contributed by atoms with Crippen molar-refractivity contribution in [2.45, 2.75) is 58.5 Å². The Morgan fingerprint density at radius 2 is 1.49 bits per heavy atom. The minimum Gasteiger partial charge on any atom is -0.354 e. The molecule has 39 heavy (non-hydrogen) atoms. The third-order valence-corrected chi connectivity index (χ3v) is 8.68. The highest BCUT2D eigenvalue weighted by atomic mass is 79.9. The van der Waals surface area contributed by atoms with Crippen LogP contribution in [0.25, 0.3) is 0 Å². The van der Waals surface area contributed by atoms with E-state index in [1.165, 1.54) is 4.90 Å². The van der Waals surface area contributed by atoms with Crippen molar-refractivity contribution in [2.75, 3.05) is 17.4 Å². The summed E-state index contributed by atoms with van der Waals surface area (Å²) < 4.78 is 29.9. The Kier molecular flexibility index (Phi) is 10.3. The number of carbonyl (C=O) groups is 2. The molecule has 0 heterocycles. The molecule has 1 N–H and O–H groups in total. The summed E-state index contributed by atoms with van der Waals surface area (Å²) in [7, 11) is -4.09. The zero-order chi connectivity index (χ0) is 28.7. The number of hydrogen-bond donors (Lipinski definition) is 1. The molecule has 1 unspecified atom stereocenters. The molecule has 7 nitrogen and oxygen atoms in total. The summed E-state index contributed by atoms with van der Waals surface area (Å²) >= 11 is 3.42. The van der Waals surface area contributed by atoms with Gasteiger partial charge in [-0.2, -0.15) is 0 Å². The summed E-state index contributed by atoms with van der Waals surface area (Å²) in [5, 5.41) is 2.85. The van der Waals surface area contributed by atoms with Gasteiger partial charge in [0.25, 0.3) is 10.0 Å². The Hall–Kier alpha value is -3.17. The Balaban J connectivity index is 2.04. The normalized spacial score (nSPS) is 12.1. The predicted octanol–water partition coefficient (Wildman–Crippen LogP) is 5.51. The number of hydrogen-bond acceptors (Lipinski definition) is 4. The second-order valence-corrected chi connectivity index (χ2v) is 12.6. The van der Waals surface area contributed by atoms with E-state index in [-0.39, 0.29) is 17.3 Å². The highest BCUT2D eigenvalue weighted by Gasteiger charge is 2.32. The van der Waals surface area contributed by atoms with Crippen molar-refractivity contribution < 1.29 is 18.0 Å². The van der Waals surface area contributed by atoms with Gasteiger partial charge in [0.2, 0.25) is 11.8 Å². The van der Waals surface area contributed by atoms with Crippen LogP contribution < -0.4 is 9.62 Å². The molecule has 0 saturated heterocycles. The van der Waals surface area contributed by atoms with Gasteiger partial charge in [-0.15, -0.1) is 0 Å². The monoisotopic (exact) mass is 613 g/mol. The molecule has 0 aliphatic carbocycles. The van der Waals surface area contributed by atoms with Gasteiger partial charge >= 0.3 is 0 Å². The maximum absolute atomic E-state index is 14.0. The average molecular weight is 615 g/mol. The van der Waals surface area contributed by atoms with Gasteiger partial charge in [0, 0.05) is 17.6 Å². The van der Waals surface area contributed by atoms with Crippen LogP contribution in [0.5, 0.6) is 0 Å². The Morgan fingerprint density at radius 3 is 2.05 bits per heavy atom. The van der Waals surface area contributed by atoms with Crippen molar-refractivity contribution in [3.63, 3.8) is 0 Å². The van der Waals surface area contributed by atoms with Crippen LogP contribution in [-0.2, 0) is 26.2 Å². The zero-order valence-corrected chi connectivity index (χ0v) is 25.5. The number of nitrogens with one attached hydrogen (secondary N) is 1. The minimum atomic E-state index is -4.09. The fraction of sp³-hybridized carbons (Fsp3) is 0.333. The topological polar surface area (TPSA) is 86.8 Å². The van der Waals surface area contributed by atoms with Crippen molar-refractivity contribution in [2.24, 2.45) is 0 Å². The predicted molar refractivity (Wildman–Crippen MR) is 159 cm³/mol. The van der Waals surface area contributed by atoms with Crippen LogP contribution in [0.1, 0.15) is 42.5 Å². The molecule has 9 heteroatoms. The summed E-state index contributed by atoms with van der Waals surface area (Å²) in [5.41, 5.74) is 3.89. The maximum atomic E-state index is 14.0. The number of carbonyl (C=O) groups excluding carboxylic acids is 2. The lowest BCUT2D eigenvalue weighted by Gasteiger charge is -2.32. The van der Waals surface area contributed by atoms with Gasteiger partial charge in [-0.05, 0) is 87.2 Å². The molecule has 2 amide bonds. The van der Waals surface area contributed by atoms with Crippen LogP contribution >= 0.6 is 15.9 Å². The maximum Gasteiger partial charge on any atom is 0.264 e. The summed E-state index contributed by atoms with van der Waals surface area (Å²) in [6.07, 6.45) is 0.758. The third kappa shape index (κ3) is 7.92. The second kappa shape index (κ2) is 13.3. The SMILES string of the molecule is CCCNC(=O)C(C)N(Cc1ccc(Br)cc1)C(=O)CN(c1cc(C)cc(C)c1)S(=O)(=O)c1ccc(C)cc1. The molecule has 3 aromatic carbocycles. The smallest absolute Gasteiger partial charge is 0.264 e. The van der Waals surface area contributed by atoms with Crippen molar-refractivity contribution >= 4 is 43.5 Å². The van der Waals surface area contributed by atoms with Gasteiger partial charge < -0.3 is 10.2 Å². The highest BCUT2D eigenvalue weighted by Crippen LogP contribution is 2.27. The first-order chi connectivity index (χ1) is 18.4. The van der Waals surface area contributed by atoms with Crippen LogP contribution in [0.15, 0.2) is 76.1 Å². The molecule has 0 aliphatic heterocycles. The fourth-order valence-corrected chi connectivity index (χ4v) is 5.89. The molecule has 0 aliphatic rings. The van der Waals surface area contributed by atoms with Gasteiger partial charge in [-0.1, -0.05) is 58.7 Å². The Morgan fingerprint density at radius 1 is 0.897 bits per heavy atom. The average Bonchev–Trinajstić information content (AvgIpc) is 2.89. The van der Waals surface area contributed by atoms with E-state index in [2.05, 4.69) is 21.2 Å². The number of rotatable bonds is 11. The van der Waals surface area contributed by atoms with Crippen molar-refractivity contribution in [3.05, 3.63) is 93.5 Å². The van der Waals surface area contributed by atoms with Gasteiger partial charge in [0.05, 0.1) is 10.6 Å². The number of sulfonamides is 1. The standard InChI is InChI=1S/C30H36BrN3O4S/c1-6-15-32-30(36)24(5)33(19-25-9-11-26(31)12-10-25)29(35)20-34(27-17-22(3)16-23(4)18-27)39(37,38)28-13-7-21(2)8-14-28/h7-14,16-18,24H,6,15,19-20H2,1-5H3,(H,32,36). The number of halogens is 1. The zero-order valence-electron chi connectivity index (χ0n) is 23.1. The summed E-state index contributed by atoms with van der Waals surface area (Å²) in [5.74, 6) is -0.770. The molecule has 0 bridgehead atoms. The molecular weight excluding hydrogens is 578 g/mol. The minimum absolute atomic E-state index is 0.0910. The van der Waals surface area contributed by atoms with Gasteiger partial charge in [0.15, 0.2) is 0 Å². The van der Waals surface area contributed by atoms with Gasteiger partial charge in [0.1, 0.15) is 12.6 Å². The molecule has 3 aromatic rings. The number of nitrogens with zero attached hydrogens (tertiary/aromatic N) is 2. The van der Waals surface area contributed by atoms with E-state index in [0.29, 0.717) is 12.2 Å². The fourth-order valence-electron chi connectivity index (χ4n) is 4.23. The van der Waals surface area contributed by atoms with E-state index in [4.69, 9.17) is 0 Å². The summed E-state index contributed by atoms with van der Waals surface area (Å²) in [4.78, 5) is 28.4. The quantitative estimate of drug-likeness (QED) is 0.309. The van der Waals surface area contributed by atoms with E-state index in [0.717, 1.165) is 37.5 Å². The lowest BCUT2D eigenvalue weighted by Crippen LogP contribution is -2.51. The number of benzene rings is 3. The van der Waals surface area contributed by atoms with E-state index in [1.54, 1.807) is 43.3 Å². The van der Waals surface area contributed by atoms with Crippen LogP contribution in [-0.4, -0.2) is 44.3 Å². The van der Waals surface area contributed by atoms with E-state index in [9.17, 15) is 18.0 Å². The molecule has 0 saturated carbocycles. The van der Waals surface area contributed by atoms with Crippen molar-refractivity contribution in [1.82, 2.24) is 10.2 Å². The molecule has 3 rings (SSSR count). The van der Waals surface area contributed by atoms with Crippen molar-refractivity contribution in [3.8, 4) is 0 Å². The van der Waals surface area contributed by atoms with Gasteiger partial charge in [-0.3, -0.25) is 13.9 Å². The Labute approximate surface area is 240 Å². The lowest BCUT2D eigenvalue weighted by molar-refractivity contribution is -0.139. The second-order valence-electron chi connectivity index (χ2n) is 9.79. The van der Waals surface area contributed by atoms with Gasteiger partial charge in [-0.25, -0.2) is 8.42 Å². The first kappa shape index (κ1) is 30.4. The van der Waals surface area contributed by atoms with Crippen LogP contribution in [0, 0.1) is 20.8 Å². The van der Waals surface area contributed by atoms with E-state index < -0.39 is 28.5 Å². The molecule has 0 spiro atoms. The molecule has 208 valence electrons. The molecule has 0 aromatic heterocycles. The highest BCUT2D eigenvalue weighted by molar-refractivity contribution is 9.10. The largest absolute Gasteiger partial charge is 0.354 e. The van der Waals surface area contributed by atoms with E-state index in [1.807, 2.05) is 58.0 Å². The molecule has 0 fully saturated rings. The Bertz CT molecular complexity index is 1390. The first-order valence-electron chi connectivity index (χ1n) is 12.9. The molecule has 1 atom stereocenters. The van der Waals surface area contributed by atoms with E-state index >= 15 is 0 Å². The van der Waals surface area contributed by atoms with Crippen LogP contribution in [0.3, 0.4) is 0 Å².